The summed E-state index contributed by atoms with van der Waals surface area (Å²) in [6, 6.07) is 0. The van der Waals surface area contributed by atoms with Crippen LogP contribution in [0.5, 0.6) is 0 Å². The average molecular weight is 451 g/mol. The lowest BCUT2D eigenvalue weighted by Gasteiger charge is -2.23. The molecule has 0 bridgehead atoms. The Labute approximate surface area is 166 Å². The molecule has 2 rings (SSSR count). The van der Waals surface area contributed by atoms with Crippen molar-refractivity contribution in [2.75, 3.05) is 33.3 Å². The molecule has 0 atom stereocenters. The highest BCUT2D eigenvalue weighted by molar-refractivity contribution is 14.0. The Morgan fingerprint density at radius 3 is 2.46 bits per heavy atom. The van der Waals surface area contributed by atoms with Crippen LogP contribution in [0.4, 0.5) is 0 Å². The zero-order chi connectivity index (χ0) is 16.5. The van der Waals surface area contributed by atoms with Crippen LogP contribution in [0.25, 0.3) is 0 Å². The normalized spacial score (nSPS) is 22.1. The number of unbranched alkanes of at least 4 members (excludes halogenated alkanes) is 1. The predicted molar refractivity (Wildman–Crippen MR) is 113 cm³/mol. The minimum atomic E-state index is 0. The summed E-state index contributed by atoms with van der Waals surface area (Å²) in [6.45, 7) is 8.82. The number of likely N-dealkylation sites (tertiary alicyclic amines) is 1. The molecule has 1 aliphatic carbocycles. The molecule has 1 N–H and O–H groups in total. The molecule has 1 aliphatic heterocycles. The Morgan fingerprint density at radius 2 is 1.88 bits per heavy atom. The molecule has 1 saturated carbocycles. The van der Waals surface area contributed by atoms with Crippen LogP contribution in [-0.2, 0) is 4.74 Å². The standard InChI is InChI=1S/C19H37N3O.HI/c1-19(2)12-14-22(16-19)18(20-3)21-13-8-9-15-23-17-10-6-4-5-7-11-17;/h17H,4-16H2,1-3H3,(H,20,21);1H. The number of aliphatic imine (C=N–C) groups is 1. The number of nitrogens with one attached hydrogen (secondary N) is 1. The number of guanidine groups is 1. The van der Waals surface area contributed by atoms with Gasteiger partial charge in [-0.05, 0) is 37.5 Å². The van der Waals surface area contributed by atoms with Gasteiger partial charge in [-0.1, -0.05) is 39.5 Å². The highest BCUT2D eigenvalue weighted by Crippen LogP contribution is 2.28. The summed E-state index contributed by atoms with van der Waals surface area (Å²) < 4.78 is 6.05. The monoisotopic (exact) mass is 451 g/mol. The van der Waals surface area contributed by atoms with E-state index in [-0.39, 0.29) is 24.0 Å². The minimum absolute atomic E-state index is 0. The van der Waals surface area contributed by atoms with Crippen molar-refractivity contribution in [2.24, 2.45) is 10.4 Å². The maximum Gasteiger partial charge on any atom is 0.193 e. The molecule has 0 amide bonds. The highest BCUT2D eigenvalue weighted by atomic mass is 127. The van der Waals surface area contributed by atoms with Gasteiger partial charge in [-0.2, -0.15) is 0 Å². The fraction of sp³-hybridized carbons (Fsp3) is 0.947. The number of rotatable bonds is 6. The van der Waals surface area contributed by atoms with Crippen LogP contribution in [-0.4, -0.2) is 50.3 Å². The Morgan fingerprint density at radius 1 is 1.17 bits per heavy atom. The first-order valence-corrected chi connectivity index (χ1v) is 9.68. The van der Waals surface area contributed by atoms with Crippen molar-refractivity contribution in [1.29, 1.82) is 0 Å². The molecule has 1 heterocycles. The van der Waals surface area contributed by atoms with Gasteiger partial charge in [0.1, 0.15) is 0 Å². The second kappa shape index (κ2) is 11.6. The molecule has 0 aromatic carbocycles. The first kappa shape index (κ1) is 22.0. The molecular formula is C19H38IN3O. The van der Waals surface area contributed by atoms with Crippen molar-refractivity contribution in [2.45, 2.75) is 77.7 Å². The number of hydrogen-bond acceptors (Lipinski definition) is 2. The van der Waals surface area contributed by atoms with Crippen molar-refractivity contribution < 1.29 is 4.74 Å². The molecule has 0 aromatic heterocycles. The zero-order valence-electron chi connectivity index (χ0n) is 16.0. The first-order valence-electron chi connectivity index (χ1n) is 9.68. The molecule has 0 radical (unpaired) electrons. The first-order chi connectivity index (χ1) is 11.1. The second-order valence-electron chi connectivity index (χ2n) is 8.00. The number of halogens is 1. The number of ether oxygens (including phenoxy) is 1. The number of hydrogen-bond donors (Lipinski definition) is 1. The predicted octanol–water partition coefficient (Wildman–Crippen LogP) is 4.43. The van der Waals surface area contributed by atoms with E-state index in [4.69, 9.17) is 4.74 Å². The molecule has 24 heavy (non-hydrogen) atoms. The van der Waals surface area contributed by atoms with Crippen molar-refractivity contribution in [3.8, 4) is 0 Å². The molecular weight excluding hydrogens is 413 g/mol. The largest absolute Gasteiger partial charge is 0.378 e. The van der Waals surface area contributed by atoms with Crippen molar-refractivity contribution in [3.05, 3.63) is 0 Å². The molecule has 5 heteroatoms. The lowest BCUT2D eigenvalue weighted by atomic mass is 9.93. The molecule has 4 nitrogen and oxygen atoms in total. The summed E-state index contributed by atoms with van der Waals surface area (Å²) in [4.78, 5) is 6.83. The van der Waals surface area contributed by atoms with Crippen LogP contribution in [0.1, 0.15) is 71.6 Å². The lowest BCUT2D eigenvalue weighted by Crippen LogP contribution is -2.41. The summed E-state index contributed by atoms with van der Waals surface area (Å²) in [5.74, 6) is 1.07. The fourth-order valence-electron chi connectivity index (χ4n) is 3.71. The molecule has 0 aromatic rings. The van der Waals surface area contributed by atoms with Gasteiger partial charge >= 0.3 is 0 Å². The van der Waals surface area contributed by atoms with Crippen LogP contribution in [0.2, 0.25) is 0 Å². The molecule has 0 unspecified atom stereocenters. The maximum absolute atomic E-state index is 6.05. The van der Waals surface area contributed by atoms with Crippen LogP contribution < -0.4 is 5.32 Å². The van der Waals surface area contributed by atoms with E-state index in [1.54, 1.807) is 0 Å². The van der Waals surface area contributed by atoms with Gasteiger partial charge in [0.05, 0.1) is 6.10 Å². The van der Waals surface area contributed by atoms with Gasteiger partial charge in [0, 0.05) is 33.3 Å². The summed E-state index contributed by atoms with van der Waals surface area (Å²) in [5, 5.41) is 3.52. The molecule has 2 aliphatic rings. The third-order valence-corrected chi connectivity index (χ3v) is 5.20. The minimum Gasteiger partial charge on any atom is -0.378 e. The average Bonchev–Trinajstić information content (AvgIpc) is 2.74. The highest BCUT2D eigenvalue weighted by Gasteiger charge is 2.30. The maximum atomic E-state index is 6.05. The second-order valence-corrected chi connectivity index (χ2v) is 8.00. The van der Waals surface area contributed by atoms with Gasteiger partial charge in [0.2, 0.25) is 0 Å². The van der Waals surface area contributed by atoms with Gasteiger partial charge < -0.3 is 15.0 Å². The Hall–Kier alpha value is -0.0400. The summed E-state index contributed by atoms with van der Waals surface area (Å²) >= 11 is 0. The van der Waals surface area contributed by atoms with E-state index in [0.717, 1.165) is 45.0 Å². The molecule has 2 fully saturated rings. The third-order valence-electron chi connectivity index (χ3n) is 5.20. The molecule has 1 saturated heterocycles. The van der Waals surface area contributed by atoms with E-state index in [9.17, 15) is 0 Å². The van der Waals surface area contributed by atoms with Crippen molar-refractivity contribution >= 4 is 29.9 Å². The van der Waals surface area contributed by atoms with Gasteiger partial charge in [0.25, 0.3) is 0 Å². The van der Waals surface area contributed by atoms with Gasteiger partial charge in [0.15, 0.2) is 5.96 Å². The Kier molecular flexibility index (Phi) is 10.6. The van der Waals surface area contributed by atoms with E-state index >= 15 is 0 Å². The van der Waals surface area contributed by atoms with E-state index in [0.29, 0.717) is 11.5 Å². The van der Waals surface area contributed by atoms with Crippen molar-refractivity contribution in [1.82, 2.24) is 10.2 Å². The van der Waals surface area contributed by atoms with Gasteiger partial charge in [-0.3, -0.25) is 4.99 Å². The van der Waals surface area contributed by atoms with Gasteiger partial charge in [-0.25, -0.2) is 0 Å². The number of nitrogens with zero attached hydrogens (tertiary/aromatic N) is 2. The fourth-order valence-corrected chi connectivity index (χ4v) is 3.71. The SMILES string of the molecule is CN=C(NCCCCOC1CCCCCC1)N1CCC(C)(C)C1.I. The van der Waals surface area contributed by atoms with Crippen molar-refractivity contribution in [3.63, 3.8) is 0 Å². The Balaban J connectivity index is 0.00000288. The van der Waals surface area contributed by atoms with E-state index in [1.807, 2.05) is 7.05 Å². The summed E-state index contributed by atoms with van der Waals surface area (Å²) in [7, 11) is 1.89. The van der Waals surface area contributed by atoms with Gasteiger partial charge in [-0.15, -0.1) is 24.0 Å². The Bertz CT molecular complexity index is 366. The molecule has 142 valence electrons. The third kappa shape index (κ3) is 7.89. The zero-order valence-corrected chi connectivity index (χ0v) is 18.3. The van der Waals surface area contributed by atoms with Crippen LogP contribution in [0.15, 0.2) is 4.99 Å². The van der Waals surface area contributed by atoms with Crippen LogP contribution >= 0.6 is 24.0 Å². The van der Waals surface area contributed by atoms with Crippen LogP contribution in [0, 0.1) is 5.41 Å². The smallest absolute Gasteiger partial charge is 0.193 e. The summed E-state index contributed by atoms with van der Waals surface area (Å²) in [5.41, 5.74) is 0.421. The summed E-state index contributed by atoms with van der Waals surface area (Å²) in [6.07, 6.45) is 12.1. The van der Waals surface area contributed by atoms with E-state index in [1.165, 1.54) is 44.9 Å². The lowest BCUT2D eigenvalue weighted by molar-refractivity contribution is 0.0411. The van der Waals surface area contributed by atoms with Crippen LogP contribution in [0.3, 0.4) is 0 Å². The topological polar surface area (TPSA) is 36.9 Å². The quantitative estimate of drug-likeness (QED) is 0.213. The van der Waals surface area contributed by atoms with E-state index < -0.39 is 0 Å². The van der Waals surface area contributed by atoms with E-state index in [2.05, 4.69) is 29.1 Å². The molecule has 0 spiro atoms.